The molecule has 5 heteroatoms. The van der Waals surface area contributed by atoms with Crippen molar-refractivity contribution in [3.8, 4) is 0 Å². The van der Waals surface area contributed by atoms with Crippen molar-refractivity contribution in [1.82, 2.24) is 3.97 Å². The Balaban J connectivity index is 2.55. The first-order valence-electron chi connectivity index (χ1n) is 9.44. The summed E-state index contributed by atoms with van der Waals surface area (Å²) >= 11 is 0. The van der Waals surface area contributed by atoms with Gasteiger partial charge in [-0.1, -0.05) is 68.3 Å². The van der Waals surface area contributed by atoms with Crippen molar-refractivity contribution in [2.24, 2.45) is 0 Å². The molecule has 0 saturated heterocycles. The van der Waals surface area contributed by atoms with E-state index in [9.17, 15) is 8.42 Å². The Morgan fingerprint density at radius 3 is 1.62 bits per heavy atom. The van der Waals surface area contributed by atoms with Crippen molar-refractivity contribution in [2.75, 3.05) is 0 Å². The van der Waals surface area contributed by atoms with Gasteiger partial charge in [0.1, 0.15) is 8.24 Å². The van der Waals surface area contributed by atoms with Gasteiger partial charge >= 0.3 is 0 Å². The van der Waals surface area contributed by atoms with Crippen LogP contribution < -0.4 is 0 Å². The molecular formula is C21H31NO2SSi. The third-order valence-corrected chi connectivity index (χ3v) is 14.2. The number of rotatable bonds is 8. The van der Waals surface area contributed by atoms with Gasteiger partial charge in [0.2, 0.25) is 10.0 Å². The van der Waals surface area contributed by atoms with Crippen LogP contribution in [0.1, 0.15) is 37.5 Å². The highest BCUT2D eigenvalue weighted by Crippen LogP contribution is 2.32. The largest absolute Gasteiger partial charge is 0.237 e. The van der Waals surface area contributed by atoms with E-state index in [0.29, 0.717) is 11.4 Å². The van der Waals surface area contributed by atoms with Gasteiger partial charge in [-0.05, 0) is 49.7 Å². The monoisotopic (exact) mass is 389 g/mol. The molecule has 0 amide bonds. The minimum absolute atomic E-state index is 0.405. The maximum atomic E-state index is 13.6. The Bertz CT molecular complexity index is 802. The van der Waals surface area contributed by atoms with Crippen LogP contribution in [0.25, 0.3) is 0 Å². The summed E-state index contributed by atoms with van der Waals surface area (Å²) in [6, 6.07) is 18.2. The van der Waals surface area contributed by atoms with Crippen LogP contribution in [0.15, 0.2) is 53.4 Å². The van der Waals surface area contributed by atoms with Crippen molar-refractivity contribution < 1.29 is 8.42 Å². The Kier molecular flexibility index (Phi) is 6.83. The van der Waals surface area contributed by atoms with Crippen LogP contribution >= 0.6 is 0 Å². The molecule has 3 nitrogen and oxygen atoms in total. The third-order valence-electron chi connectivity index (χ3n) is 5.56. The fraction of sp³-hybridized carbons (Fsp3) is 0.429. The molecule has 0 heterocycles. The molecule has 0 bridgehead atoms. The van der Waals surface area contributed by atoms with Crippen molar-refractivity contribution >= 4 is 18.3 Å². The number of hydrogen-bond acceptors (Lipinski definition) is 2. The standard InChI is InChI=1S/C21H31NO2SSi/c1-6-26(7-2,8-3)22(17-20-13-9-18(4)10-14-20)25(23,24)21-15-11-19(5)12-16-21/h9-16H,6-8,17H2,1-5H3. The summed E-state index contributed by atoms with van der Waals surface area (Å²) in [5, 5.41) is 0. The number of benzene rings is 2. The van der Waals surface area contributed by atoms with Crippen LogP contribution in [0.4, 0.5) is 0 Å². The van der Waals surface area contributed by atoms with Gasteiger partial charge in [0.25, 0.3) is 0 Å². The van der Waals surface area contributed by atoms with Crippen LogP contribution in [0, 0.1) is 13.8 Å². The fourth-order valence-corrected chi connectivity index (χ4v) is 11.1. The molecular weight excluding hydrogens is 358 g/mol. The summed E-state index contributed by atoms with van der Waals surface area (Å²) in [4.78, 5) is 0.405. The molecule has 0 saturated carbocycles. The van der Waals surface area contributed by atoms with E-state index < -0.39 is 18.3 Å². The van der Waals surface area contributed by atoms with Gasteiger partial charge in [0.15, 0.2) is 0 Å². The number of hydrogen-bond donors (Lipinski definition) is 0. The van der Waals surface area contributed by atoms with E-state index in [-0.39, 0.29) is 0 Å². The first kappa shape index (κ1) is 20.9. The molecule has 0 radical (unpaired) electrons. The lowest BCUT2D eigenvalue weighted by molar-refractivity contribution is 0.513. The van der Waals surface area contributed by atoms with Crippen LogP contribution in [0.3, 0.4) is 0 Å². The molecule has 26 heavy (non-hydrogen) atoms. The second-order valence-corrected chi connectivity index (χ2v) is 14.4. The lowest BCUT2D eigenvalue weighted by Gasteiger charge is -2.40. The molecule has 0 spiro atoms. The highest BCUT2D eigenvalue weighted by Gasteiger charge is 2.42. The summed E-state index contributed by atoms with van der Waals surface area (Å²) in [5.74, 6) is 0. The van der Waals surface area contributed by atoms with E-state index in [1.807, 2.05) is 42.1 Å². The first-order valence-corrected chi connectivity index (χ1v) is 13.4. The van der Waals surface area contributed by atoms with E-state index in [1.54, 1.807) is 12.1 Å². The predicted octanol–water partition coefficient (Wildman–Crippen LogP) is 5.50. The first-order chi connectivity index (χ1) is 12.3. The van der Waals surface area contributed by atoms with Gasteiger partial charge in [0.05, 0.1) is 4.90 Å². The second-order valence-electron chi connectivity index (χ2n) is 7.10. The van der Waals surface area contributed by atoms with Crippen LogP contribution in [0.5, 0.6) is 0 Å². The highest BCUT2D eigenvalue weighted by atomic mass is 32.2. The smallest absolute Gasteiger partial charge is 0.215 e. The Labute approximate surface area is 160 Å². The molecule has 0 aliphatic carbocycles. The normalized spacial score (nSPS) is 12.5. The topological polar surface area (TPSA) is 37.4 Å². The lowest BCUT2D eigenvalue weighted by atomic mass is 10.2. The maximum Gasteiger partial charge on any atom is 0.237 e. The number of aryl methyl sites for hydroxylation is 2. The van der Waals surface area contributed by atoms with E-state index in [2.05, 4.69) is 32.9 Å². The minimum atomic E-state index is -3.53. The summed E-state index contributed by atoms with van der Waals surface area (Å²) in [5.41, 5.74) is 3.31. The molecule has 2 rings (SSSR count). The van der Waals surface area contributed by atoms with Gasteiger partial charge in [0, 0.05) is 6.54 Å². The van der Waals surface area contributed by atoms with E-state index in [0.717, 1.165) is 29.3 Å². The fourth-order valence-electron chi connectivity index (χ4n) is 3.48. The lowest BCUT2D eigenvalue weighted by Crippen LogP contribution is -2.54. The van der Waals surface area contributed by atoms with Gasteiger partial charge in [-0.3, -0.25) is 0 Å². The molecule has 0 fully saturated rings. The maximum absolute atomic E-state index is 13.6. The van der Waals surface area contributed by atoms with Crippen LogP contribution in [0.2, 0.25) is 18.1 Å². The average molecular weight is 390 g/mol. The van der Waals surface area contributed by atoms with Gasteiger partial charge in [-0.15, -0.1) is 0 Å². The molecule has 0 aliphatic rings. The Morgan fingerprint density at radius 1 is 0.769 bits per heavy atom. The molecule has 2 aromatic rings. The van der Waals surface area contributed by atoms with E-state index in [1.165, 1.54) is 5.56 Å². The molecule has 0 unspecified atom stereocenters. The average Bonchev–Trinajstić information content (AvgIpc) is 2.64. The zero-order chi connectivity index (χ0) is 19.4. The summed E-state index contributed by atoms with van der Waals surface area (Å²) in [6.45, 7) is 10.9. The minimum Gasteiger partial charge on any atom is -0.215 e. The second kappa shape index (κ2) is 8.50. The highest BCUT2D eigenvalue weighted by molar-refractivity contribution is 7.90. The van der Waals surface area contributed by atoms with Crippen LogP contribution in [-0.4, -0.2) is 20.6 Å². The molecule has 0 aliphatic heterocycles. The Hall–Kier alpha value is -1.43. The summed E-state index contributed by atoms with van der Waals surface area (Å²) in [7, 11) is -5.65. The number of sulfonamides is 1. The zero-order valence-corrected chi connectivity index (χ0v) is 18.4. The molecule has 0 N–H and O–H groups in total. The molecule has 0 aromatic heterocycles. The summed E-state index contributed by atoms with van der Waals surface area (Å²) < 4.78 is 29.1. The van der Waals surface area contributed by atoms with Crippen molar-refractivity contribution in [2.45, 2.75) is 64.2 Å². The molecule has 142 valence electrons. The zero-order valence-electron chi connectivity index (χ0n) is 16.6. The molecule has 2 aromatic carbocycles. The van der Waals surface area contributed by atoms with Gasteiger partial charge < -0.3 is 0 Å². The predicted molar refractivity (Wildman–Crippen MR) is 112 cm³/mol. The third kappa shape index (κ3) is 4.27. The quantitative estimate of drug-likeness (QED) is 0.559. The summed E-state index contributed by atoms with van der Waals surface area (Å²) in [6.07, 6.45) is 0. The van der Waals surface area contributed by atoms with E-state index in [4.69, 9.17) is 0 Å². The Morgan fingerprint density at radius 2 is 1.19 bits per heavy atom. The van der Waals surface area contributed by atoms with Gasteiger partial charge in [-0.25, -0.2) is 12.4 Å². The van der Waals surface area contributed by atoms with Crippen molar-refractivity contribution in [3.05, 3.63) is 65.2 Å². The van der Waals surface area contributed by atoms with Gasteiger partial charge in [-0.2, -0.15) is 0 Å². The number of nitrogens with zero attached hydrogens (tertiary/aromatic N) is 1. The van der Waals surface area contributed by atoms with Crippen molar-refractivity contribution in [3.63, 3.8) is 0 Å². The van der Waals surface area contributed by atoms with E-state index >= 15 is 0 Å². The molecule has 0 atom stereocenters. The SMILES string of the molecule is CC[Si](CC)(CC)N(Cc1ccc(C)cc1)S(=O)(=O)c1ccc(C)cc1. The van der Waals surface area contributed by atoms with Crippen LogP contribution in [-0.2, 0) is 16.6 Å². The van der Waals surface area contributed by atoms with Crippen molar-refractivity contribution in [1.29, 1.82) is 0 Å².